The maximum atomic E-state index is 9.19. The summed E-state index contributed by atoms with van der Waals surface area (Å²) in [5.41, 5.74) is 6.25. The topological polar surface area (TPSA) is 173 Å². The maximum absolute atomic E-state index is 9.19. The Kier molecular flexibility index (Phi) is 8.24. The van der Waals surface area contributed by atoms with Crippen molar-refractivity contribution in [2.24, 2.45) is 0 Å². The van der Waals surface area contributed by atoms with Gasteiger partial charge in [0, 0.05) is 12.4 Å². The average Bonchev–Trinajstić information content (AvgIpc) is 2.36. The van der Waals surface area contributed by atoms with Crippen LogP contribution in [0.2, 0.25) is 0 Å². The molecule has 0 aromatic carbocycles. The minimum Gasteiger partial charge on any atom is -0.384 e. The maximum Gasteiger partial charge on any atom is 0.261 e. The third-order valence-electron chi connectivity index (χ3n) is 1.57. The van der Waals surface area contributed by atoms with Crippen molar-refractivity contribution < 1.29 is 25.9 Å². The van der Waals surface area contributed by atoms with Crippen molar-refractivity contribution in [3.05, 3.63) is 36.7 Å². The van der Waals surface area contributed by atoms with Gasteiger partial charge in [-0.1, -0.05) is 6.07 Å². The lowest BCUT2D eigenvalue weighted by atomic mass is 10.3. The van der Waals surface area contributed by atoms with E-state index in [1.807, 2.05) is 18.2 Å². The van der Waals surface area contributed by atoms with Crippen LogP contribution in [-0.4, -0.2) is 53.4 Å². The third kappa shape index (κ3) is 16.1. The standard InChI is InChI=1S/C9H8N4.2CH4O3S/c10-8-4-6-12-9(13-8)7-3-1-2-5-11-7;2*1-5(2,3)4/h1-6H,(H2,10,12,13);2*1H3,(H,2,3,4). The van der Waals surface area contributed by atoms with E-state index in [2.05, 4.69) is 15.0 Å². The predicted molar refractivity (Wildman–Crippen MR) is 84.6 cm³/mol. The largest absolute Gasteiger partial charge is 0.384 e. The zero-order valence-electron chi connectivity index (χ0n) is 12.2. The highest BCUT2D eigenvalue weighted by molar-refractivity contribution is 7.85. The van der Waals surface area contributed by atoms with Crippen LogP contribution in [0, 0.1) is 0 Å². The molecule has 0 spiro atoms. The lowest BCUT2D eigenvalue weighted by Gasteiger charge is -1.98. The normalized spacial score (nSPS) is 10.6. The highest BCUT2D eigenvalue weighted by atomic mass is 32.2. The number of rotatable bonds is 1. The first-order valence-electron chi connectivity index (χ1n) is 5.71. The van der Waals surface area contributed by atoms with E-state index < -0.39 is 20.2 Å². The molecule has 0 saturated carbocycles. The number of hydrogen-bond donors (Lipinski definition) is 3. The Bertz CT molecular complexity index is 763. The average molecular weight is 364 g/mol. The molecule has 0 atom stereocenters. The van der Waals surface area contributed by atoms with Crippen molar-refractivity contribution in [1.29, 1.82) is 0 Å². The molecular formula is C11H16N4O6S2. The van der Waals surface area contributed by atoms with Crippen LogP contribution in [0.3, 0.4) is 0 Å². The van der Waals surface area contributed by atoms with Crippen LogP contribution in [0.15, 0.2) is 36.7 Å². The van der Waals surface area contributed by atoms with Crippen molar-refractivity contribution in [3.8, 4) is 11.5 Å². The van der Waals surface area contributed by atoms with Crippen LogP contribution in [-0.2, 0) is 20.2 Å². The molecule has 2 rings (SSSR count). The molecule has 0 saturated heterocycles. The molecule has 0 fully saturated rings. The summed E-state index contributed by atoms with van der Waals surface area (Å²) >= 11 is 0. The van der Waals surface area contributed by atoms with Crippen molar-refractivity contribution in [3.63, 3.8) is 0 Å². The van der Waals surface area contributed by atoms with E-state index >= 15 is 0 Å². The first kappa shape index (κ1) is 20.9. The zero-order chi connectivity index (χ0) is 18.1. The van der Waals surface area contributed by atoms with Crippen LogP contribution in [0.1, 0.15) is 0 Å². The van der Waals surface area contributed by atoms with Gasteiger partial charge in [0.05, 0.1) is 12.5 Å². The number of nitrogens with zero attached hydrogens (tertiary/aromatic N) is 3. The van der Waals surface area contributed by atoms with E-state index in [1.165, 1.54) is 0 Å². The molecule has 128 valence electrons. The Morgan fingerprint density at radius 3 is 1.83 bits per heavy atom. The second-order valence-electron chi connectivity index (χ2n) is 3.99. The fraction of sp³-hybridized carbons (Fsp3) is 0.182. The molecule has 4 N–H and O–H groups in total. The van der Waals surface area contributed by atoms with Crippen molar-refractivity contribution in [2.45, 2.75) is 0 Å². The Morgan fingerprint density at radius 2 is 1.43 bits per heavy atom. The predicted octanol–water partition coefficient (Wildman–Crippen LogP) is 0.129. The monoisotopic (exact) mass is 364 g/mol. The summed E-state index contributed by atoms with van der Waals surface area (Å²) in [7, 11) is -7.33. The quantitative estimate of drug-likeness (QED) is 0.590. The van der Waals surface area contributed by atoms with Gasteiger partial charge in [-0.05, 0) is 18.2 Å². The Hall–Kier alpha value is -2.15. The molecule has 2 aromatic heterocycles. The Labute approximate surface area is 133 Å². The molecule has 0 radical (unpaired) electrons. The number of pyridine rings is 1. The van der Waals surface area contributed by atoms with Crippen molar-refractivity contribution in [2.75, 3.05) is 18.2 Å². The molecule has 0 unspecified atom stereocenters. The first-order chi connectivity index (χ1) is 10.4. The molecule has 2 heterocycles. The summed E-state index contributed by atoms with van der Waals surface area (Å²) in [6, 6.07) is 7.21. The summed E-state index contributed by atoms with van der Waals surface area (Å²) < 4.78 is 51.7. The summed E-state index contributed by atoms with van der Waals surface area (Å²) in [6.07, 6.45) is 4.74. The molecule has 0 bridgehead atoms. The Balaban J connectivity index is 0.000000406. The first-order valence-corrected chi connectivity index (χ1v) is 9.41. The molecular weight excluding hydrogens is 348 g/mol. The van der Waals surface area contributed by atoms with Crippen molar-refractivity contribution in [1.82, 2.24) is 15.0 Å². The van der Waals surface area contributed by atoms with E-state index in [0.717, 1.165) is 5.69 Å². The van der Waals surface area contributed by atoms with E-state index in [-0.39, 0.29) is 0 Å². The number of hydrogen-bond acceptors (Lipinski definition) is 8. The fourth-order valence-corrected chi connectivity index (χ4v) is 0.991. The molecule has 12 heteroatoms. The number of nitrogen functional groups attached to an aromatic ring is 1. The minimum absolute atomic E-state index is 0.454. The molecule has 0 aliphatic rings. The zero-order valence-corrected chi connectivity index (χ0v) is 13.9. The second-order valence-corrected chi connectivity index (χ2v) is 6.92. The lowest BCUT2D eigenvalue weighted by Crippen LogP contribution is -1.95. The summed E-state index contributed by atoms with van der Waals surface area (Å²) in [4.78, 5) is 12.2. The third-order valence-corrected chi connectivity index (χ3v) is 1.57. The highest BCUT2D eigenvalue weighted by Crippen LogP contribution is 2.10. The SMILES string of the molecule is CS(=O)(=O)O.CS(=O)(=O)O.Nc1ccnc(-c2ccccn2)n1. The van der Waals surface area contributed by atoms with Gasteiger partial charge in [-0.3, -0.25) is 14.1 Å². The van der Waals surface area contributed by atoms with Gasteiger partial charge in [0.15, 0.2) is 5.82 Å². The van der Waals surface area contributed by atoms with Crippen molar-refractivity contribution >= 4 is 26.1 Å². The summed E-state index contributed by atoms with van der Waals surface area (Å²) in [5, 5.41) is 0. The van der Waals surface area contributed by atoms with E-state index in [9.17, 15) is 16.8 Å². The van der Waals surface area contributed by atoms with Gasteiger partial charge < -0.3 is 5.73 Å². The van der Waals surface area contributed by atoms with E-state index in [0.29, 0.717) is 24.2 Å². The van der Waals surface area contributed by atoms with Gasteiger partial charge in [0.1, 0.15) is 11.5 Å². The van der Waals surface area contributed by atoms with Gasteiger partial charge in [0.25, 0.3) is 20.2 Å². The van der Waals surface area contributed by atoms with Crippen LogP contribution in [0.25, 0.3) is 11.5 Å². The van der Waals surface area contributed by atoms with Gasteiger partial charge in [0.2, 0.25) is 0 Å². The van der Waals surface area contributed by atoms with Gasteiger partial charge in [-0.15, -0.1) is 0 Å². The number of nitrogens with two attached hydrogens (primary N) is 1. The fourth-order valence-electron chi connectivity index (χ4n) is 0.991. The Morgan fingerprint density at radius 1 is 0.913 bits per heavy atom. The molecule has 0 aliphatic carbocycles. The second kappa shape index (κ2) is 9.09. The summed E-state index contributed by atoms with van der Waals surface area (Å²) in [6.45, 7) is 0. The van der Waals surface area contributed by atoms with Gasteiger partial charge in [-0.2, -0.15) is 16.8 Å². The molecule has 0 amide bonds. The van der Waals surface area contributed by atoms with Crippen LogP contribution >= 0.6 is 0 Å². The van der Waals surface area contributed by atoms with Crippen LogP contribution < -0.4 is 5.73 Å². The molecule has 0 aliphatic heterocycles. The lowest BCUT2D eigenvalue weighted by molar-refractivity contribution is 0.488. The van der Waals surface area contributed by atoms with Crippen LogP contribution in [0.4, 0.5) is 5.82 Å². The minimum atomic E-state index is -3.67. The summed E-state index contributed by atoms with van der Waals surface area (Å²) in [5.74, 6) is 1.01. The number of aromatic nitrogens is 3. The highest BCUT2D eigenvalue weighted by Gasteiger charge is 2.00. The van der Waals surface area contributed by atoms with Gasteiger partial charge >= 0.3 is 0 Å². The van der Waals surface area contributed by atoms with Gasteiger partial charge in [-0.25, -0.2) is 9.97 Å². The van der Waals surface area contributed by atoms with E-state index in [4.69, 9.17) is 14.8 Å². The van der Waals surface area contributed by atoms with E-state index in [1.54, 1.807) is 18.5 Å². The number of anilines is 1. The molecule has 2 aromatic rings. The van der Waals surface area contributed by atoms with Crippen LogP contribution in [0.5, 0.6) is 0 Å². The smallest absolute Gasteiger partial charge is 0.261 e. The molecule has 10 nitrogen and oxygen atoms in total. The molecule has 23 heavy (non-hydrogen) atoms.